The van der Waals surface area contributed by atoms with Gasteiger partial charge in [-0.3, -0.25) is 9.36 Å². The van der Waals surface area contributed by atoms with Gasteiger partial charge >= 0.3 is 0 Å². The number of para-hydroxylation sites is 1. The Labute approximate surface area is 192 Å². The number of hydrogen-bond donors (Lipinski definition) is 0. The quantitative estimate of drug-likeness (QED) is 0.384. The Bertz CT molecular complexity index is 1060. The monoisotopic (exact) mass is 450 g/mol. The number of thioether (sulfide) groups is 1. The smallest absolute Gasteiger partial charge is 0.240 e. The predicted molar refractivity (Wildman–Crippen MR) is 125 cm³/mol. The van der Waals surface area contributed by atoms with Crippen molar-refractivity contribution in [1.82, 2.24) is 19.7 Å². The second kappa shape index (κ2) is 10.5. The molecular formula is C24H26N4O3S. The van der Waals surface area contributed by atoms with Gasteiger partial charge in [-0.2, -0.15) is 0 Å². The molecule has 1 atom stereocenters. The third kappa shape index (κ3) is 4.71. The van der Waals surface area contributed by atoms with Crippen LogP contribution in [0.3, 0.4) is 0 Å². The number of allylic oxidation sites excluding steroid dienone is 1. The largest absolute Gasteiger partial charge is 0.496 e. The highest BCUT2D eigenvalue weighted by Gasteiger charge is 2.30. The molecule has 3 aromatic rings. The molecule has 166 valence electrons. The Morgan fingerprint density at radius 2 is 1.88 bits per heavy atom. The Balaban J connectivity index is 1.71. The standard InChI is InChI=1S/C24H26N4O3S/c1-3-13-28-22(19-11-7-8-12-20(19)30-2)25-26-24(28)32-21(18-9-5-4-6-10-18)23(29)27-14-16-31-17-15-27/h3-12,21H,1,13-17H2,2H3. The average molecular weight is 451 g/mol. The first-order valence-electron chi connectivity index (χ1n) is 10.5. The van der Waals surface area contributed by atoms with Crippen LogP contribution in [0.4, 0.5) is 0 Å². The fourth-order valence-corrected chi connectivity index (χ4v) is 4.77. The fraction of sp³-hybridized carbons (Fsp3) is 0.292. The fourth-order valence-electron chi connectivity index (χ4n) is 3.64. The van der Waals surface area contributed by atoms with Crippen molar-refractivity contribution in [2.45, 2.75) is 17.0 Å². The van der Waals surface area contributed by atoms with Crippen molar-refractivity contribution in [2.24, 2.45) is 0 Å². The molecule has 7 nitrogen and oxygen atoms in total. The van der Waals surface area contributed by atoms with E-state index in [2.05, 4.69) is 16.8 Å². The van der Waals surface area contributed by atoms with Gasteiger partial charge in [0.1, 0.15) is 11.0 Å². The zero-order valence-electron chi connectivity index (χ0n) is 18.0. The second-order valence-electron chi connectivity index (χ2n) is 7.25. The maximum absolute atomic E-state index is 13.5. The van der Waals surface area contributed by atoms with Crippen LogP contribution in [0.15, 0.2) is 72.4 Å². The molecule has 0 aliphatic carbocycles. The van der Waals surface area contributed by atoms with Gasteiger partial charge in [0.15, 0.2) is 11.0 Å². The molecule has 32 heavy (non-hydrogen) atoms. The molecule has 0 saturated carbocycles. The summed E-state index contributed by atoms with van der Waals surface area (Å²) < 4.78 is 12.9. The van der Waals surface area contributed by atoms with Crippen molar-refractivity contribution in [3.8, 4) is 17.1 Å². The lowest BCUT2D eigenvalue weighted by atomic mass is 10.1. The molecular weight excluding hydrogens is 424 g/mol. The van der Waals surface area contributed by atoms with Gasteiger partial charge in [0, 0.05) is 19.6 Å². The van der Waals surface area contributed by atoms with Crippen LogP contribution in [-0.4, -0.2) is 59.0 Å². The molecule has 0 spiro atoms. The van der Waals surface area contributed by atoms with Crippen LogP contribution >= 0.6 is 11.8 Å². The number of hydrogen-bond acceptors (Lipinski definition) is 6. The molecule has 1 aliphatic heterocycles. The summed E-state index contributed by atoms with van der Waals surface area (Å²) in [5.41, 5.74) is 1.77. The Hall–Kier alpha value is -3.10. The van der Waals surface area contributed by atoms with Crippen LogP contribution in [-0.2, 0) is 16.1 Å². The van der Waals surface area contributed by atoms with Crippen molar-refractivity contribution in [1.29, 1.82) is 0 Å². The Morgan fingerprint density at radius 1 is 1.16 bits per heavy atom. The summed E-state index contributed by atoms with van der Waals surface area (Å²) in [5, 5.41) is 9.12. The minimum atomic E-state index is -0.437. The molecule has 0 radical (unpaired) electrons. The number of aromatic nitrogens is 3. The van der Waals surface area contributed by atoms with E-state index in [1.54, 1.807) is 13.2 Å². The summed E-state index contributed by atoms with van der Waals surface area (Å²) in [7, 11) is 1.63. The number of benzene rings is 2. The zero-order valence-corrected chi connectivity index (χ0v) is 18.8. The summed E-state index contributed by atoms with van der Waals surface area (Å²) in [4.78, 5) is 15.4. The highest BCUT2D eigenvalue weighted by atomic mass is 32.2. The number of morpholine rings is 1. The number of ether oxygens (including phenoxy) is 2. The lowest BCUT2D eigenvalue weighted by Crippen LogP contribution is -2.42. The SMILES string of the molecule is C=CCn1c(SC(C(=O)N2CCOCC2)c2ccccc2)nnc1-c1ccccc1OC. The van der Waals surface area contributed by atoms with E-state index in [0.29, 0.717) is 49.6 Å². The molecule has 1 aromatic heterocycles. The van der Waals surface area contributed by atoms with Gasteiger partial charge in [-0.05, 0) is 17.7 Å². The lowest BCUT2D eigenvalue weighted by Gasteiger charge is -2.30. The molecule has 0 N–H and O–H groups in total. The van der Waals surface area contributed by atoms with Crippen molar-refractivity contribution < 1.29 is 14.3 Å². The van der Waals surface area contributed by atoms with E-state index in [9.17, 15) is 4.79 Å². The topological polar surface area (TPSA) is 69.5 Å². The van der Waals surface area contributed by atoms with Crippen molar-refractivity contribution in [2.75, 3.05) is 33.4 Å². The van der Waals surface area contributed by atoms with Gasteiger partial charge in [0.2, 0.25) is 5.91 Å². The minimum Gasteiger partial charge on any atom is -0.496 e. The van der Waals surface area contributed by atoms with Crippen LogP contribution in [0, 0.1) is 0 Å². The zero-order chi connectivity index (χ0) is 22.3. The molecule has 2 aromatic carbocycles. The molecule has 4 rings (SSSR count). The first-order valence-corrected chi connectivity index (χ1v) is 11.4. The highest BCUT2D eigenvalue weighted by molar-refractivity contribution is 8.00. The van der Waals surface area contributed by atoms with Gasteiger partial charge in [0.05, 0.1) is 25.9 Å². The Kier molecular flexibility index (Phi) is 7.24. The summed E-state index contributed by atoms with van der Waals surface area (Å²) in [6, 6.07) is 17.5. The number of nitrogens with zero attached hydrogens (tertiary/aromatic N) is 4. The lowest BCUT2D eigenvalue weighted by molar-refractivity contribution is -0.134. The summed E-state index contributed by atoms with van der Waals surface area (Å²) in [6.07, 6.45) is 1.80. The molecule has 0 bridgehead atoms. The molecule has 1 aliphatic rings. The minimum absolute atomic E-state index is 0.0523. The van der Waals surface area contributed by atoms with Crippen LogP contribution in [0.1, 0.15) is 10.8 Å². The average Bonchev–Trinajstić information content (AvgIpc) is 3.25. The van der Waals surface area contributed by atoms with Crippen LogP contribution < -0.4 is 4.74 Å². The van der Waals surface area contributed by atoms with E-state index in [4.69, 9.17) is 9.47 Å². The third-order valence-corrected chi connectivity index (χ3v) is 6.47. The molecule has 2 heterocycles. The van der Waals surface area contributed by atoms with Gasteiger partial charge in [-0.25, -0.2) is 0 Å². The van der Waals surface area contributed by atoms with Crippen molar-refractivity contribution in [3.63, 3.8) is 0 Å². The van der Waals surface area contributed by atoms with Gasteiger partial charge < -0.3 is 14.4 Å². The van der Waals surface area contributed by atoms with E-state index >= 15 is 0 Å². The number of rotatable bonds is 8. The van der Waals surface area contributed by atoms with Gasteiger partial charge in [-0.15, -0.1) is 16.8 Å². The molecule has 1 amide bonds. The van der Waals surface area contributed by atoms with Gasteiger partial charge in [0.25, 0.3) is 0 Å². The maximum Gasteiger partial charge on any atom is 0.240 e. The van der Waals surface area contributed by atoms with Crippen LogP contribution in [0.5, 0.6) is 5.75 Å². The van der Waals surface area contributed by atoms with Gasteiger partial charge in [-0.1, -0.05) is 60.3 Å². The van der Waals surface area contributed by atoms with Crippen LogP contribution in [0.25, 0.3) is 11.4 Å². The van der Waals surface area contributed by atoms with E-state index in [1.807, 2.05) is 64.1 Å². The normalized spacial score (nSPS) is 14.7. The van der Waals surface area contributed by atoms with Crippen molar-refractivity contribution >= 4 is 17.7 Å². The first kappa shape index (κ1) is 22.1. The van der Waals surface area contributed by atoms with E-state index in [1.165, 1.54) is 11.8 Å². The number of amides is 1. The number of methoxy groups -OCH3 is 1. The predicted octanol–water partition coefficient (Wildman–Crippen LogP) is 3.83. The molecule has 1 fully saturated rings. The van der Waals surface area contributed by atoms with Crippen LogP contribution in [0.2, 0.25) is 0 Å². The maximum atomic E-state index is 13.5. The molecule has 1 saturated heterocycles. The van der Waals surface area contributed by atoms with E-state index in [-0.39, 0.29) is 5.91 Å². The third-order valence-electron chi connectivity index (χ3n) is 5.25. The Morgan fingerprint density at radius 3 is 2.59 bits per heavy atom. The highest BCUT2D eigenvalue weighted by Crippen LogP contribution is 2.38. The van der Waals surface area contributed by atoms with E-state index < -0.39 is 5.25 Å². The first-order chi connectivity index (χ1) is 15.7. The summed E-state index contributed by atoms with van der Waals surface area (Å²) >= 11 is 1.41. The number of carbonyl (C=O) groups excluding carboxylic acids is 1. The number of carbonyl (C=O) groups is 1. The van der Waals surface area contributed by atoms with Crippen molar-refractivity contribution in [3.05, 3.63) is 72.8 Å². The second-order valence-corrected chi connectivity index (χ2v) is 8.32. The summed E-state index contributed by atoms with van der Waals surface area (Å²) in [6.45, 7) is 6.70. The molecule has 1 unspecified atom stereocenters. The summed E-state index contributed by atoms with van der Waals surface area (Å²) in [5.74, 6) is 1.44. The van der Waals surface area contributed by atoms with E-state index in [0.717, 1.165) is 11.1 Å². The molecule has 8 heteroatoms.